The lowest BCUT2D eigenvalue weighted by atomic mass is 10.0. The van der Waals surface area contributed by atoms with Gasteiger partial charge in [-0.1, -0.05) is 19.7 Å². The number of rotatable bonds is 8. The van der Waals surface area contributed by atoms with Gasteiger partial charge in [-0.3, -0.25) is 0 Å². The molecule has 0 unspecified atom stereocenters. The van der Waals surface area contributed by atoms with E-state index >= 15 is 0 Å². The van der Waals surface area contributed by atoms with Crippen LogP contribution >= 0.6 is 0 Å². The van der Waals surface area contributed by atoms with Crippen molar-refractivity contribution in [3.8, 4) is 0 Å². The Balaban J connectivity index is -0.000000161. The van der Waals surface area contributed by atoms with Gasteiger partial charge in [0.15, 0.2) is 6.29 Å². The lowest BCUT2D eigenvalue weighted by Gasteiger charge is -2.22. The number of carboxylic acids is 3. The summed E-state index contributed by atoms with van der Waals surface area (Å²) in [7, 11) is 0. The summed E-state index contributed by atoms with van der Waals surface area (Å²) < 4.78 is 0. The first kappa shape index (κ1) is 34.6. The van der Waals surface area contributed by atoms with Crippen LogP contribution in [0, 0.1) is 0 Å². The quantitative estimate of drug-likeness (QED) is 0.161. The van der Waals surface area contributed by atoms with Gasteiger partial charge in [-0.25, -0.2) is 14.4 Å². The second kappa shape index (κ2) is 19.4. The first-order valence-corrected chi connectivity index (χ1v) is 7.92. The molecule has 12 nitrogen and oxygen atoms in total. The monoisotopic (exact) mass is 438 g/mol. The van der Waals surface area contributed by atoms with Crippen LogP contribution in [-0.2, 0) is 19.2 Å². The Morgan fingerprint density at radius 3 is 1.10 bits per heavy atom. The van der Waals surface area contributed by atoms with Crippen LogP contribution in [0.3, 0.4) is 0 Å². The highest BCUT2D eigenvalue weighted by atomic mass is 16.4. The summed E-state index contributed by atoms with van der Waals surface area (Å²) in [6.45, 7) is 13.0. The van der Waals surface area contributed by atoms with Crippen molar-refractivity contribution < 1.29 is 60.0 Å². The summed E-state index contributed by atoms with van der Waals surface area (Å²) in [6, 6.07) is 0. The fraction of sp³-hybridized carbons (Fsp3) is 0.444. The maximum atomic E-state index is 9.90. The molecule has 8 N–H and O–H groups in total. The smallest absolute Gasteiger partial charge is 0.330 e. The van der Waals surface area contributed by atoms with Gasteiger partial charge in [-0.2, -0.15) is 0 Å². The molecule has 0 aliphatic heterocycles. The first-order chi connectivity index (χ1) is 13.5. The SMILES string of the molecule is C=C(C)C(=O)O.C=C(C)C(=O)O.C=C(C)C(=O)O.O=C[C@H](O)[C@@H](O)[C@H](O)[C@H](O)CO. The Hall–Kier alpha value is -2.90. The Bertz CT molecular complexity index is 503. The zero-order chi connectivity index (χ0) is 25.2. The summed E-state index contributed by atoms with van der Waals surface area (Å²) in [5.41, 5.74) is 0.528. The molecule has 0 fully saturated rings. The first-order valence-electron chi connectivity index (χ1n) is 7.92. The molecule has 0 aliphatic carbocycles. The van der Waals surface area contributed by atoms with Gasteiger partial charge in [0, 0.05) is 16.7 Å². The number of hydrogen-bond donors (Lipinski definition) is 8. The molecule has 0 aromatic heterocycles. The summed E-state index contributed by atoms with van der Waals surface area (Å²) in [4.78, 5) is 38.7. The minimum atomic E-state index is -1.79. The van der Waals surface area contributed by atoms with E-state index < -0.39 is 48.9 Å². The predicted octanol–water partition coefficient (Wildman–Crippen LogP) is -1.44. The number of hydrogen-bond acceptors (Lipinski definition) is 9. The summed E-state index contributed by atoms with van der Waals surface area (Å²) in [5, 5.41) is 67.2. The number of carboxylic acid groups (broad SMARTS) is 3. The second-order valence-corrected chi connectivity index (χ2v) is 5.61. The zero-order valence-electron chi connectivity index (χ0n) is 16.9. The van der Waals surface area contributed by atoms with Gasteiger partial charge in [-0.05, 0) is 20.8 Å². The van der Waals surface area contributed by atoms with Crippen molar-refractivity contribution in [1.29, 1.82) is 0 Å². The molecule has 0 rings (SSSR count). The van der Waals surface area contributed by atoms with Crippen LogP contribution in [0.25, 0.3) is 0 Å². The molecule has 0 saturated heterocycles. The highest BCUT2D eigenvalue weighted by Crippen LogP contribution is 2.02. The molecule has 0 aromatic rings. The molecule has 12 heteroatoms. The number of aliphatic hydroxyl groups excluding tert-OH is 5. The maximum Gasteiger partial charge on any atom is 0.330 e. The van der Waals surface area contributed by atoms with Crippen LogP contribution in [0.5, 0.6) is 0 Å². The molecule has 0 amide bonds. The van der Waals surface area contributed by atoms with Crippen LogP contribution < -0.4 is 0 Å². The van der Waals surface area contributed by atoms with Gasteiger partial charge in [-0.15, -0.1) is 0 Å². The predicted molar refractivity (Wildman–Crippen MR) is 105 cm³/mol. The number of carbonyl (C=O) groups excluding carboxylic acids is 1. The Morgan fingerprint density at radius 2 is 0.967 bits per heavy atom. The van der Waals surface area contributed by atoms with Crippen LogP contribution in [0.15, 0.2) is 36.5 Å². The number of aliphatic carboxylic acids is 3. The molecule has 0 heterocycles. The lowest BCUT2D eigenvalue weighted by molar-refractivity contribution is -0.136. The maximum absolute atomic E-state index is 9.90. The second-order valence-electron chi connectivity index (χ2n) is 5.61. The van der Waals surface area contributed by atoms with E-state index in [-0.39, 0.29) is 23.0 Å². The molecule has 174 valence electrons. The topological polar surface area (TPSA) is 230 Å². The van der Waals surface area contributed by atoms with Crippen molar-refractivity contribution in [2.45, 2.75) is 45.2 Å². The van der Waals surface area contributed by atoms with E-state index in [0.717, 1.165) is 0 Å². The van der Waals surface area contributed by atoms with Crippen molar-refractivity contribution in [2.24, 2.45) is 0 Å². The van der Waals surface area contributed by atoms with Gasteiger partial charge in [0.25, 0.3) is 0 Å². The molecule has 0 spiro atoms. The van der Waals surface area contributed by atoms with Gasteiger partial charge < -0.3 is 45.6 Å². The van der Waals surface area contributed by atoms with E-state index in [1.54, 1.807) is 0 Å². The third-order valence-electron chi connectivity index (χ3n) is 2.52. The molecule has 0 aliphatic rings. The molecule has 0 bridgehead atoms. The van der Waals surface area contributed by atoms with E-state index in [2.05, 4.69) is 19.7 Å². The van der Waals surface area contributed by atoms with E-state index in [0.29, 0.717) is 0 Å². The summed E-state index contributed by atoms with van der Waals surface area (Å²) in [6.07, 6.45) is -6.84. The molecule has 0 aromatic carbocycles. The van der Waals surface area contributed by atoms with Crippen LogP contribution in [0.1, 0.15) is 20.8 Å². The lowest BCUT2D eigenvalue weighted by Crippen LogP contribution is -2.46. The Labute approximate surface area is 173 Å². The van der Waals surface area contributed by atoms with E-state index in [4.69, 9.17) is 40.9 Å². The standard InChI is InChI=1S/C6H12O6.3C4H6O2/c7-1-3(9)5(11)6(12)4(10)2-8;3*1-3(2)4(5)6/h1,3-6,8-12H,2H2;3*1H2,2H3,(H,5,6)/t3-,4+,5+,6+;;;/m0.../s1. The summed E-state index contributed by atoms with van der Waals surface area (Å²) >= 11 is 0. The average Bonchev–Trinajstić information content (AvgIpc) is 2.66. The normalized spacial score (nSPS) is 12.9. The molecular weight excluding hydrogens is 408 g/mol. The Morgan fingerprint density at radius 1 is 0.733 bits per heavy atom. The molecular formula is C18H30O12. The van der Waals surface area contributed by atoms with Gasteiger partial charge in [0.1, 0.15) is 24.4 Å². The fourth-order valence-electron chi connectivity index (χ4n) is 0.618. The van der Waals surface area contributed by atoms with Crippen molar-refractivity contribution in [3.05, 3.63) is 36.5 Å². The van der Waals surface area contributed by atoms with Crippen LogP contribution in [0.2, 0.25) is 0 Å². The van der Waals surface area contributed by atoms with Gasteiger partial charge in [0.05, 0.1) is 6.61 Å². The van der Waals surface area contributed by atoms with Crippen LogP contribution in [0.4, 0.5) is 0 Å². The summed E-state index contributed by atoms with van der Waals surface area (Å²) in [5.74, 6) is -2.81. The van der Waals surface area contributed by atoms with E-state index in [1.807, 2.05) is 0 Å². The third-order valence-corrected chi connectivity index (χ3v) is 2.52. The Kier molecular flexibility index (Phi) is 22.4. The fourth-order valence-corrected chi connectivity index (χ4v) is 0.618. The number of aldehydes is 1. The zero-order valence-corrected chi connectivity index (χ0v) is 16.9. The largest absolute Gasteiger partial charge is 0.478 e. The van der Waals surface area contributed by atoms with Gasteiger partial charge in [0.2, 0.25) is 0 Å². The van der Waals surface area contributed by atoms with E-state index in [9.17, 15) is 19.2 Å². The van der Waals surface area contributed by atoms with Gasteiger partial charge >= 0.3 is 17.9 Å². The third kappa shape index (κ3) is 23.1. The minimum Gasteiger partial charge on any atom is -0.478 e. The van der Waals surface area contributed by atoms with Crippen molar-refractivity contribution in [2.75, 3.05) is 6.61 Å². The highest BCUT2D eigenvalue weighted by molar-refractivity contribution is 5.85. The van der Waals surface area contributed by atoms with Crippen molar-refractivity contribution in [3.63, 3.8) is 0 Å². The van der Waals surface area contributed by atoms with Crippen LogP contribution in [-0.4, -0.2) is 96.1 Å². The molecule has 4 atom stereocenters. The van der Waals surface area contributed by atoms with Crippen molar-refractivity contribution in [1.82, 2.24) is 0 Å². The molecule has 30 heavy (non-hydrogen) atoms. The molecule has 0 radical (unpaired) electrons. The number of carbonyl (C=O) groups is 4. The van der Waals surface area contributed by atoms with Crippen molar-refractivity contribution >= 4 is 24.2 Å². The highest BCUT2D eigenvalue weighted by Gasteiger charge is 2.29. The minimum absolute atomic E-state index is 0.0258. The average molecular weight is 438 g/mol. The number of aliphatic hydroxyl groups is 5. The molecule has 0 saturated carbocycles. The van der Waals surface area contributed by atoms with E-state index in [1.165, 1.54) is 20.8 Å².